The molecule has 0 saturated carbocycles. The highest BCUT2D eigenvalue weighted by molar-refractivity contribution is 7.18. The summed E-state index contributed by atoms with van der Waals surface area (Å²) >= 11 is 1.70. The van der Waals surface area contributed by atoms with Crippen molar-refractivity contribution in [1.82, 2.24) is 9.97 Å². The van der Waals surface area contributed by atoms with E-state index in [-0.39, 0.29) is 5.41 Å². The van der Waals surface area contributed by atoms with Crippen LogP contribution in [0, 0.1) is 0 Å². The molecule has 0 atom stereocenters. The van der Waals surface area contributed by atoms with Gasteiger partial charge in [0.2, 0.25) is 0 Å². The molecule has 3 aromatic rings. The standard InChI is InChI=1S/C19H23N3S/c1-12(2)22-18-17-16(20-11-21-18)15(10-23-17)13-6-8-14(9-7-13)19(3,4)5/h6-12H,1-5H3,(H,20,21,22). The van der Waals surface area contributed by atoms with Gasteiger partial charge >= 0.3 is 0 Å². The van der Waals surface area contributed by atoms with Crippen LogP contribution in [0.25, 0.3) is 21.3 Å². The lowest BCUT2D eigenvalue weighted by molar-refractivity contribution is 0.590. The van der Waals surface area contributed by atoms with Crippen molar-refractivity contribution in [2.45, 2.75) is 46.1 Å². The van der Waals surface area contributed by atoms with E-state index < -0.39 is 0 Å². The van der Waals surface area contributed by atoms with Crippen LogP contribution in [0.2, 0.25) is 0 Å². The van der Waals surface area contributed by atoms with Gasteiger partial charge in [-0.1, -0.05) is 45.0 Å². The number of hydrogen-bond acceptors (Lipinski definition) is 4. The molecule has 0 amide bonds. The fourth-order valence-electron chi connectivity index (χ4n) is 2.58. The van der Waals surface area contributed by atoms with Crippen LogP contribution in [0.15, 0.2) is 36.0 Å². The molecule has 0 unspecified atom stereocenters. The molecule has 3 rings (SSSR count). The first kappa shape index (κ1) is 15.9. The lowest BCUT2D eigenvalue weighted by Crippen LogP contribution is -2.11. The van der Waals surface area contributed by atoms with Crippen LogP contribution < -0.4 is 5.32 Å². The zero-order chi connectivity index (χ0) is 16.6. The summed E-state index contributed by atoms with van der Waals surface area (Å²) in [6.45, 7) is 10.9. The van der Waals surface area contributed by atoms with Crippen LogP contribution in [0.4, 0.5) is 5.82 Å². The van der Waals surface area contributed by atoms with E-state index in [0.29, 0.717) is 6.04 Å². The molecular weight excluding hydrogens is 302 g/mol. The highest BCUT2D eigenvalue weighted by Crippen LogP contribution is 2.36. The number of nitrogens with one attached hydrogen (secondary N) is 1. The Labute approximate surface area is 141 Å². The predicted octanol–water partition coefficient (Wildman–Crippen LogP) is 5.48. The fraction of sp³-hybridized carbons (Fsp3) is 0.368. The molecule has 23 heavy (non-hydrogen) atoms. The molecule has 0 saturated heterocycles. The molecule has 120 valence electrons. The molecule has 3 nitrogen and oxygen atoms in total. The molecule has 0 aliphatic heterocycles. The molecule has 0 spiro atoms. The topological polar surface area (TPSA) is 37.8 Å². The number of rotatable bonds is 3. The Morgan fingerprint density at radius 1 is 1.04 bits per heavy atom. The Bertz CT molecular complexity index is 811. The van der Waals surface area contributed by atoms with Gasteiger partial charge in [-0.05, 0) is 30.4 Å². The summed E-state index contributed by atoms with van der Waals surface area (Å²) in [6.07, 6.45) is 1.65. The SMILES string of the molecule is CC(C)Nc1ncnc2c(-c3ccc(C(C)(C)C)cc3)csc12. The highest BCUT2D eigenvalue weighted by atomic mass is 32.1. The van der Waals surface area contributed by atoms with E-state index in [2.05, 4.69) is 79.5 Å². The van der Waals surface area contributed by atoms with Gasteiger partial charge in [-0.15, -0.1) is 11.3 Å². The summed E-state index contributed by atoms with van der Waals surface area (Å²) < 4.78 is 1.12. The summed E-state index contributed by atoms with van der Waals surface area (Å²) in [6, 6.07) is 9.17. The lowest BCUT2D eigenvalue weighted by atomic mass is 9.86. The van der Waals surface area contributed by atoms with E-state index in [4.69, 9.17) is 0 Å². The van der Waals surface area contributed by atoms with E-state index >= 15 is 0 Å². The molecule has 1 N–H and O–H groups in total. The van der Waals surface area contributed by atoms with Gasteiger partial charge < -0.3 is 5.32 Å². The first-order valence-corrected chi connectivity index (χ1v) is 8.84. The number of nitrogens with zero attached hydrogens (tertiary/aromatic N) is 2. The molecule has 4 heteroatoms. The summed E-state index contributed by atoms with van der Waals surface area (Å²) in [7, 11) is 0. The van der Waals surface area contributed by atoms with Crippen LogP contribution in [-0.4, -0.2) is 16.0 Å². The van der Waals surface area contributed by atoms with Crippen LogP contribution in [0.3, 0.4) is 0 Å². The Kier molecular flexibility index (Phi) is 4.11. The van der Waals surface area contributed by atoms with E-state index in [1.54, 1.807) is 17.7 Å². The smallest absolute Gasteiger partial charge is 0.147 e. The molecule has 1 aromatic carbocycles. The van der Waals surface area contributed by atoms with Crippen molar-refractivity contribution in [3.05, 3.63) is 41.5 Å². The third kappa shape index (κ3) is 3.22. The second-order valence-electron chi connectivity index (χ2n) is 7.18. The number of thiophene rings is 1. The predicted molar refractivity (Wildman–Crippen MR) is 100 cm³/mol. The van der Waals surface area contributed by atoms with Crippen molar-refractivity contribution in [1.29, 1.82) is 0 Å². The quantitative estimate of drug-likeness (QED) is 0.693. The summed E-state index contributed by atoms with van der Waals surface area (Å²) in [5, 5.41) is 5.58. The minimum atomic E-state index is 0.172. The monoisotopic (exact) mass is 325 g/mol. The Morgan fingerprint density at radius 2 is 1.74 bits per heavy atom. The van der Waals surface area contributed by atoms with Crippen molar-refractivity contribution in [3.8, 4) is 11.1 Å². The summed E-state index contributed by atoms with van der Waals surface area (Å²) in [5.41, 5.74) is 4.93. The Hall–Kier alpha value is -1.94. The second kappa shape index (κ2) is 5.93. The zero-order valence-corrected chi connectivity index (χ0v) is 15.2. The molecule has 2 aromatic heterocycles. The van der Waals surface area contributed by atoms with Crippen molar-refractivity contribution >= 4 is 27.4 Å². The van der Waals surface area contributed by atoms with E-state index in [1.807, 2.05) is 0 Å². The number of anilines is 1. The first-order chi connectivity index (χ1) is 10.9. The van der Waals surface area contributed by atoms with Gasteiger partial charge in [0.05, 0.1) is 10.2 Å². The van der Waals surface area contributed by atoms with Crippen LogP contribution in [0.1, 0.15) is 40.2 Å². The molecule has 0 bridgehead atoms. The molecule has 2 heterocycles. The third-order valence-corrected chi connectivity index (χ3v) is 4.82. The average Bonchev–Trinajstić information content (AvgIpc) is 2.91. The van der Waals surface area contributed by atoms with Gasteiger partial charge in [0, 0.05) is 17.0 Å². The third-order valence-electron chi connectivity index (χ3n) is 3.84. The molecule has 0 aliphatic carbocycles. The second-order valence-corrected chi connectivity index (χ2v) is 8.06. The maximum Gasteiger partial charge on any atom is 0.147 e. The minimum Gasteiger partial charge on any atom is -0.367 e. The van der Waals surface area contributed by atoms with Crippen molar-refractivity contribution in [3.63, 3.8) is 0 Å². The average molecular weight is 325 g/mol. The van der Waals surface area contributed by atoms with Crippen molar-refractivity contribution in [2.24, 2.45) is 0 Å². The van der Waals surface area contributed by atoms with Gasteiger partial charge in [0.15, 0.2) is 0 Å². The van der Waals surface area contributed by atoms with Crippen LogP contribution in [0.5, 0.6) is 0 Å². The Morgan fingerprint density at radius 3 is 2.35 bits per heavy atom. The van der Waals surface area contributed by atoms with Crippen molar-refractivity contribution < 1.29 is 0 Å². The van der Waals surface area contributed by atoms with Gasteiger partial charge in [0.1, 0.15) is 12.1 Å². The number of aromatic nitrogens is 2. The maximum atomic E-state index is 4.52. The van der Waals surface area contributed by atoms with E-state index in [0.717, 1.165) is 16.0 Å². The molecule has 0 aliphatic rings. The van der Waals surface area contributed by atoms with E-state index in [9.17, 15) is 0 Å². The molecular formula is C19H23N3S. The largest absolute Gasteiger partial charge is 0.367 e. The number of hydrogen-bond donors (Lipinski definition) is 1. The first-order valence-electron chi connectivity index (χ1n) is 7.96. The van der Waals surface area contributed by atoms with E-state index in [1.165, 1.54) is 16.7 Å². The van der Waals surface area contributed by atoms with Crippen LogP contribution in [-0.2, 0) is 5.41 Å². The van der Waals surface area contributed by atoms with Gasteiger partial charge in [-0.2, -0.15) is 0 Å². The fourth-order valence-corrected chi connectivity index (χ4v) is 3.56. The van der Waals surface area contributed by atoms with Gasteiger partial charge in [-0.25, -0.2) is 9.97 Å². The van der Waals surface area contributed by atoms with Crippen LogP contribution >= 0.6 is 11.3 Å². The minimum absolute atomic E-state index is 0.172. The van der Waals surface area contributed by atoms with Gasteiger partial charge in [0.25, 0.3) is 0 Å². The lowest BCUT2D eigenvalue weighted by Gasteiger charge is -2.19. The number of benzene rings is 1. The molecule has 0 radical (unpaired) electrons. The normalized spacial score (nSPS) is 12.1. The summed E-state index contributed by atoms with van der Waals surface area (Å²) in [5.74, 6) is 0.924. The highest BCUT2D eigenvalue weighted by Gasteiger charge is 2.15. The Balaban J connectivity index is 2.04. The van der Waals surface area contributed by atoms with Gasteiger partial charge in [-0.3, -0.25) is 0 Å². The molecule has 0 fully saturated rings. The maximum absolute atomic E-state index is 4.52. The zero-order valence-electron chi connectivity index (χ0n) is 14.3. The summed E-state index contributed by atoms with van der Waals surface area (Å²) in [4.78, 5) is 8.90. The van der Waals surface area contributed by atoms with Crippen molar-refractivity contribution in [2.75, 3.05) is 5.32 Å². The number of fused-ring (bicyclic) bond motifs is 1.